The van der Waals surface area contributed by atoms with Gasteiger partial charge in [0, 0.05) is 12.5 Å². The fraction of sp³-hybridized carbons (Fsp3) is 0.955. The highest BCUT2D eigenvalue weighted by molar-refractivity contribution is 6.17. The van der Waals surface area contributed by atoms with E-state index in [9.17, 15) is 4.79 Å². The zero-order valence-corrected chi connectivity index (χ0v) is 20.5. The normalized spacial score (nSPS) is 11.2. The molecule has 0 aliphatic heterocycles. The Labute approximate surface area is 198 Å². The van der Waals surface area contributed by atoms with Gasteiger partial charge in [-0.2, -0.15) is 0 Å². The monoisotopic (exact) mass is 486 g/mol. The molecule has 0 amide bonds. The van der Waals surface area contributed by atoms with Crippen molar-refractivity contribution in [3.8, 4) is 0 Å². The largest absolute Gasteiger partial charge is 0.469 e. The number of esters is 1. The van der Waals surface area contributed by atoms with Crippen molar-refractivity contribution < 1.29 is 42.7 Å². The predicted molar refractivity (Wildman–Crippen MR) is 122 cm³/mol. The number of carbonyl (C=O) groups is 1. The number of alkyl halides is 1. The summed E-state index contributed by atoms with van der Waals surface area (Å²) < 4.78 is 42.3. The minimum atomic E-state index is -0.278. The van der Waals surface area contributed by atoms with E-state index in [1.54, 1.807) is 0 Å². The van der Waals surface area contributed by atoms with Gasteiger partial charge in [0.25, 0.3) is 0 Å². The molecule has 0 aliphatic carbocycles. The van der Waals surface area contributed by atoms with Crippen LogP contribution in [0.4, 0.5) is 0 Å². The second-order valence-electron chi connectivity index (χ2n) is 6.72. The summed E-state index contributed by atoms with van der Waals surface area (Å²) in [4.78, 5) is 10.9. The van der Waals surface area contributed by atoms with Gasteiger partial charge in [-0.25, -0.2) is 0 Å². The lowest BCUT2D eigenvalue weighted by Gasteiger charge is -2.08. The molecule has 0 spiro atoms. The maximum Gasteiger partial charge on any atom is 0.307 e. The molecule has 0 atom stereocenters. The second-order valence-corrected chi connectivity index (χ2v) is 7.09. The standard InChI is InChI=1S/C22H43ClO9/c1-25-22(24)6-9-27-11-13-29-15-17-31-19-21-32-20-18-30-16-14-28-12-10-26-8-5-3-2-4-7-23/h2-21H2,1H3. The molecule has 0 N–H and O–H groups in total. The van der Waals surface area contributed by atoms with Crippen LogP contribution in [0.25, 0.3) is 0 Å². The summed E-state index contributed by atoms with van der Waals surface area (Å²) in [6.45, 7) is 7.39. The van der Waals surface area contributed by atoms with Crippen LogP contribution in [0, 0.1) is 0 Å². The Morgan fingerprint density at radius 2 is 0.844 bits per heavy atom. The lowest BCUT2D eigenvalue weighted by molar-refractivity contribution is -0.141. The van der Waals surface area contributed by atoms with Gasteiger partial charge in [-0.15, -0.1) is 11.6 Å². The predicted octanol–water partition coefficient (Wildman–Crippen LogP) is 2.46. The summed E-state index contributed by atoms with van der Waals surface area (Å²) in [7, 11) is 1.36. The highest BCUT2D eigenvalue weighted by atomic mass is 35.5. The zero-order valence-electron chi connectivity index (χ0n) is 19.7. The molecular weight excluding hydrogens is 444 g/mol. The van der Waals surface area contributed by atoms with E-state index in [-0.39, 0.29) is 12.4 Å². The molecular formula is C22H43ClO9. The minimum Gasteiger partial charge on any atom is -0.469 e. The SMILES string of the molecule is COC(=O)CCOCCOCCOCCOCCOCCOCCOCCCCCCCl. The number of rotatable bonds is 27. The molecule has 0 unspecified atom stereocenters. The molecule has 0 aromatic heterocycles. The molecule has 0 aromatic carbocycles. The van der Waals surface area contributed by atoms with E-state index in [4.69, 9.17) is 44.8 Å². The van der Waals surface area contributed by atoms with E-state index in [0.717, 1.165) is 25.3 Å². The van der Waals surface area contributed by atoms with Crippen molar-refractivity contribution in [2.45, 2.75) is 32.1 Å². The Balaban J connectivity index is 3.02. The quantitative estimate of drug-likeness (QED) is 0.0985. The summed E-state index contributed by atoms with van der Waals surface area (Å²) in [5, 5.41) is 0. The molecule has 9 nitrogen and oxygen atoms in total. The Morgan fingerprint density at radius 3 is 1.22 bits per heavy atom. The van der Waals surface area contributed by atoms with Gasteiger partial charge < -0.3 is 37.9 Å². The van der Waals surface area contributed by atoms with E-state index in [1.807, 2.05) is 0 Å². The molecule has 0 aliphatic rings. The molecule has 10 heteroatoms. The first-order chi connectivity index (χ1) is 15.8. The van der Waals surface area contributed by atoms with Crippen LogP contribution in [0.5, 0.6) is 0 Å². The Kier molecular flexibility index (Phi) is 28.0. The number of unbranched alkanes of at least 4 members (excludes halogenated alkanes) is 3. The minimum absolute atomic E-state index is 0.254. The number of hydrogen-bond acceptors (Lipinski definition) is 9. The zero-order chi connectivity index (χ0) is 23.4. The van der Waals surface area contributed by atoms with Gasteiger partial charge in [0.2, 0.25) is 0 Å². The maximum absolute atomic E-state index is 10.9. The van der Waals surface area contributed by atoms with Gasteiger partial charge in [-0.3, -0.25) is 4.79 Å². The number of carbonyl (C=O) groups excluding carboxylic acids is 1. The number of halogens is 1. The first kappa shape index (κ1) is 31.5. The third-order valence-corrected chi connectivity index (χ3v) is 4.35. The first-order valence-electron chi connectivity index (χ1n) is 11.5. The average molecular weight is 487 g/mol. The molecule has 0 saturated carbocycles. The average Bonchev–Trinajstić information content (AvgIpc) is 2.81. The second kappa shape index (κ2) is 28.5. The number of ether oxygens (including phenoxy) is 8. The molecule has 0 aromatic rings. The molecule has 0 bridgehead atoms. The van der Waals surface area contributed by atoms with Crippen molar-refractivity contribution in [2.75, 3.05) is 105 Å². The van der Waals surface area contributed by atoms with Crippen LogP contribution in [0.2, 0.25) is 0 Å². The van der Waals surface area contributed by atoms with Crippen molar-refractivity contribution in [3.63, 3.8) is 0 Å². The lowest BCUT2D eigenvalue weighted by atomic mass is 10.2. The third-order valence-electron chi connectivity index (χ3n) is 4.08. The van der Waals surface area contributed by atoms with Crippen LogP contribution >= 0.6 is 11.6 Å². The van der Waals surface area contributed by atoms with Gasteiger partial charge in [-0.1, -0.05) is 12.8 Å². The number of methoxy groups -OCH3 is 1. The highest BCUT2D eigenvalue weighted by Gasteiger charge is 1.99. The summed E-state index contributed by atoms with van der Waals surface area (Å²) >= 11 is 5.63. The van der Waals surface area contributed by atoms with Crippen molar-refractivity contribution in [1.29, 1.82) is 0 Å². The topological polar surface area (TPSA) is 90.9 Å². The van der Waals surface area contributed by atoms with Crippen LogP contribution in [0.1, 0.15) is 32.1 Å². The van der Waals surface area contributed by atoms with Crippen molar-refractivity contribution in [2.24, 2.45) is 0 Å². The van der Waals surface area contributed by atoms with Crippen molar-refractivity contribution >= 4 is 17.6 Å². The third kappa shape index (κ3) is 27.5. The Morgan fingerprint density at radius 1 is 0.500 bits per heavy atom. The molecule has 0 heterocycles. The van der Waals surface area contributed by atoms with Gasteiger partial charge >= 0.3 is 5.97 Å². The van der Waals surface area contributed by atoms with Crippen LogP contribution in [-0.4, -0.2) is 111 Å². The van der Waals surface area contributed by atoms with Crippen LogP contribution in [0.3, 0.4) is 0 Å². The molecule has 0 rings (SSSR count). The van der Waals surface area contributed by atoms with E-state index in [2.05, 4.69) is 4.74 Å². The van der Waals surface area contributed by atoms with Crippen LogP contribution in [-0.2, 0) is 42.7 Å². The molecule has 0 fully saturated rings. The first-order valence-corrected chi connectivity index (χ1v) is 12.0. The molecule has 0 radical (unpaired) electrons. The van der Waals surface area contributed by atoms with E-state index < -0.39 is 0 Å². The summed E-state index contributed by atoms with van der Waals surface area (Å²) in [5.74, 6) is 0.466. The highest BCUT2D eigenvalue weighted by Crippen LogP contribution is 2.01. The molecule has 192 valence electrons. The van der Waals surface area contributed by atoms with Gasteiger partial charge in [0.1, 0.15) is 0 Å². The molecule has 32 heavy (non-hydrogen) atoms. The number of hydrogen-bond donors (Lipinski definition) is 0. The Hall–Kier alpha value is -0.520. The fourth-order valence-electron chi connectivity index (χ4n) is 2.33. The lowest BCUT2D eigenvalue weighted by Crippen LogP contribution is -2.14. The van der Waals surface area contributed by atoms with Crippen molar-refractivity contribution in [1.82, 2.24) is 0 Å². The Bertz CT molecular complexity index is 375. The van der Waals surface area contributed by atoms with Crippen LogP contribution < -0.4 is 0 Å². The summed E-state index contributed by atoms with van der Waals surface area (Å²) in [6.07, 6.45) is 4.76. The van der Waals surface area contributed by atoms with Crippen molar-refractivity contribution in [3.05, 3.63) is 0 Å². The van der Waals surface area contributed by atoms with Gasteiger partial charge in [0.15, 0.2) is 0 Å². The van der Waals surface area contributed by atoms with E-state index in [1.165, 1.54) is 20.0 Å². The fourth-order valence-corrected chi connectivity index (χ4v) is 2.52. The molecule has 0 saturated heterocycles. The summed E-state index contributed by atoms with van der Waals surface area (Å²) in [6, 6.07) is 0. The smallest absolute Gasteiger partial charge is 0.307 e. The van der Waals surface area contributed by atoms with E-state index >= 15 is 0 Å². The van der Waals surface area contributed by atoms with Gasteiger partial charge in [0.05, 0.1) is 99.4 Å². The van der Waals surface area contributed by atoms with Crippen LogP contribution in [0.15, 0.2) is 0 Å². The van der Waals surface area contributed by atoms with Gasteiger partial charge in [-0.05, 0) is 12.8 Å². The maximum atomic E-state index is 10.9. The summed E-state index contributed by atoms with van der Waals surface area (Å²) in [5.41, 5.74) is 0. The van der Waals surface area contributed by atoms with E-state index in [0.29, 0.717) is 85.9 Å².